The molecule has 5 heterocycles. The zero-order valence-corrected chi connectivity index (χ0v) is 48.6. The summed E-state index contributed by atoms with van der Waals surface area (Å²) in [6, 6.07) is 18.2. The highest BCUT2D eigenvalue weighted by Gasteiger charge is 2.30. The number of aromatic amines is 3. The molecule has 4 aromatic heterocycles. The van der Waals surface area contributed by atoms with Gasteiger partial charge in [0.05, 0.1) is 74.6 Å². The summed E-state index contributed by atoms with van der Waals surface area (Å²) in [5.74, 6) is 0. The molecule has 18 heteroatoms. The number of aromatic nitrogens is 4. The maximum atomic E-state index is 5.41. The summed E-state index contributed by atoms with van der Waals surface area (Å²) < 4.78 is 11.7. The Bertz CT molecular complexity index is 2930. The predicted octanol–water partition coefficient (Wildman–Crippen LogP) is 20.3. The molecule has 55 heavy (non-hydrogen) atoms. The molecule has 0 spiro atoms. The van der Waals surface area contributed by atoms with E-state index < -0.39 is 0 Å². The van der Waals surface area contributed by atoms with Crippen LogP contribution in [-0.4, -0.2) is 19.9 Å². The highest BCUT2D eigenvalue weighted by molar-refractivity contribution is 9.18. The van der Waals surface area contributed by atoms with Crippen molar-refractivity contribution in [2.75, 3.05) is 0 Å². The van der Waals surface area contributed by atoms with Crippen molar-refractivity contribution in [3.8, 4) is 33.4 Å². The lowest BCUT2D eigenvalue weighted by atomic mass is 10.0. The topological polar surface area (TPSA) is 60.3 Å². The molecule has 7 aromatic rings. The van der Waals surface area contributed by atoms with E-state index in [9.17, 15) is 0 Å². The van der Waals surface area contributed by atoms with Gasteiger partial charge in [-0.25, -0.2) is 4.98 Å². The van der Waals surface area contributed by atoms with E-state index in [-0.39, 0.29) is 0 Å². The zero-order chi connectivity index (χ0) is 39.4. The maximum Gasteiger partial charge on any atom is 0.104 e. The van der Waals surface area contributed by atoms with Crippen LogP contribution in [0.25, 0.3) is 75.4 Å². The van der Waals surface area contributed by atoms with Gasteiger partial charge in [0.15, 0.2) is 0 Å². The quantitative estimate of drug-likeness (QED) is 0.162. The number of benzene rings is 3. The molecule has 3 aromatic carbocycles. The molecule has 8 bridgehead atoms. The van der Waals surface area contributed by atoms with E-state index in [2.05, 4.69) is 238 Å². The van der Waals surface area contributed by atoms with Gasteiger partial charge in [0.2, 0.25) is 0 Å². The van der Waals surface area contributed by atoms with Crippen LogP contribution in [0.4, 0.5) is 0 Å². The van der Waals surface area contributed by atoms with Crippen LogP contribution < -0.4 is 0 Å². The van der Waals surface area contributed by atoms with E-state index in [1.807, 2.05) is 54.6 Å². The number of H-pyrrole nitrogens is 3. The molecule has 1 aliphatic heterocycles. The van der Waals surface area contributed by atoms with Crippen LogP contribution >= 0.6 is 223 Å². The highest BCUT2D eigenvalue weighted by Crippen LogP contribution is 2.54. The van der Waals surface area contributed by atoms with E-state index in [4.69, 9.17) is 4.98 Å². The first kappa shape index (κ1) is 42.8. The van der Waals surface area contributed by atoms with Crippen LogP contribution in [0, 0.1) is 0 Å². The van der Waals surface area contributed by atoms with E-state index in [1.54, 1.807) is 0 Å². The van der Waals surface area contributed by atoms with Crippen LogP contribution in [0.5, 0.6) is 0 Å². The molecule has 1 aliphatic rings. The fourth-order valence-corrected chi connectivity index (χ4v) is 14.6. The normalized spacial score (nSPS) is 12.5. The van der Waals surface area contributed by atoms with E-state index in [1.165, 1.54) is 0 Å². The van der Waals surface area contributed by atoms with Crippen LogP contribution in [0.3, 0.4) is 0 Å². The summed E-state index contributed by atoms with van der Waals surface area (Å²) in [5.41, 5.74) is 11.5. The lowest BCUT2D eigenvalue weighted by molar-refractivity contribution is 1.31. The van der Waals surface area contributed by atoms with Gasteiger partial charge in [-0.15, -0.1) is 0 Å². The maximum absolute atomic E-state index is 5.41. The molecule has 0 atom stereocenters. The average molecular weight is 1630 g/mol. The molecule has 0 fully saturated rings. The molecular weight excluding hydrogens is 1620 g/mol. The van der Waals surface area contributed by atoms with Crippen molar-refractivity contribution in [1.29, 1.82) is 0 Å². The summed E-state index contributed by atoms with van der Waals surface area (Å²) in [7, 11) is 0. The van der Waals surface area contributed by atoms with E-state index in [0.717, 1.165) is 129 Å². The molecule has 278 valence electrons. The average Bonchev–Trinajstić information content (AvgIpc) is 3.80. The fraction of sp³-hybridized carbons (Fsp3) is 0. The minimum atomic E-state index is 0.695. The number of halogens is 14. The Hall–Kier alpha value is 1.11. The van der Waals surface area contributed by atoms with Crippen LogP contribution in [0.2, 0.25) is 0 Å². The standard InChI is InChI=1S/C37H12Br14N4/c38-10-4-1-5-11(39)16(10)19-30-22(44)24(46)32(52-30)20(17-12(40)6-2-7-13(17)41)34-26(48)28(50)36(54-34)37-29(51)27(49)35(55-37)21(18-14(42)8-3-9-15(18)43)33-25(47)23(45)31(19)53-33/h1-9,52-54H. The Kier molecular flexibility index (Phi) is 13.0. The van der Waals surface area contributed by atoms with Crippen molar-refractivity contribution >= 4 is 265 Å². The van der Waals surface area contributed by atoms with Crippen LogP contribution in [0.15, 0.2) is 108 Å². The lowest BCUT2D eigenvalue weighted by Crippen LogP contribution is -1.90. The third-order valence-electron chi connectivity index (χ3n) is 8.84. The first-order chi connectivity index (χ1) is 26.1. The minimum Gasteiger partial charge on any atom is -0.352 e. The summed E-state index contributed by atoms with van der Waals surface area (Å²) in [4.78, 5) is 16.9. The Morgan fingerprint density at radius 1 is 0.291 bits per heavy atom. The Labute approximate surface area is 431 Å². The number of nitrogens with zero attached hydrogens (tertiary/aromatic N) is 1. The molecule has 0 amide bonds. The lowest BCUT2D eigenvalue weighted by Gasteiger charge is -2.11. The third-order valence-corrected chi connectivity index (χ3v) is 21.2. The molecule has 0 unspecified atom stereocenters. The smallest absolute Gasteiger partial charge is 0.104 e. The van der Waals surface area contributed by atoms with Crippen molar-refractivity contribution in [3.63, 3.8) is 0 Å². The van der Waals surface area contributed by atoms with Gasteiger partial charge in [-0.2, -0.15) is 0 Å². The number of rotatable bonds is 3. The van der Waals surface area contributed by atoms with Gasteiger partial charge >= 0.3 is 0 Å². The molecule has 3 N–H and O–H groups in total. The Morgan fingerprint density at radius 2 is 0.545 bits per heavy atom. The van der Waals surface area contributed by atoms with Crippen molar-refractivity contribution in [3.05, 3.63) is 120 Å². The van der Waals surface area contributed by atoms with Crippen molar-refractivity contribution in [2.24, 2.45) is 0 Å². The molecule has 8 rings (SSSR count). The summed E-state index contributed by atoms with van der Waals surface area (Å²) in [6.07, 6.45) is 0. The molecule has 4 nitrogen and oxygen atoms in total. The van der Waals surface area contributed by atoms with E-state index >= 15 is 0 Å². The monoisotopic (exact) mass is 1620 g/mol. The Balaban J connectivity index is 1.79. The number of nitrogens with one attached hydrogen (secondary N) is 3. The van der Waals surface area contributed by atoms with Gasteiger partial charge in [0.25, 0.3) is 0 Å². The van der Waals surface area contributed by atoms with Gasteiger partial charge in [-0.3, -0.25) is 0 Å². The third kappa shape index (κ3) is 7.18. The Morgan fingerprint density at radius 3 is 0.891 bits per heavy atom. The second kappa shape index (κ2) is 16.8. The molecular formula is C37H12Br14N4. The van der Waals surface area contributed by atoms with Crippen molar-refractivity contribution in [2.45, 2.75) is 0 Å². The van der Waals surface area contributed by atoms with Gasteiger partial charge < -0.3 is 15.0 Å². The summed E-state index contributed by atoms with van der Waals surface area (Å²) >= 11 is 55.3. The summed E-state index contributed by atoms with van der Waals surface area (Å²) in [6.45, 7) is 0. The van der Waals surface area contributed by atoms with Crippen molar-refractivity contribution in [1.82, 2.24) is 19.9 Å². The first-order valence-corrected chi connectivity index (χ1v) is 26.4. The molecule has 0 aliphatic carbocycles. The minimum absolute atomic E-state index is 0.695. The second-order valence-electron chi connectivity index (χ2n) is 11.9. The molecule has 0 saturated heterocycles. The SMILES string of the molecule is BrC1=C(Br)c2nc1c(-c1c(Br)cccc1Br)c1[nH]c(c(Br)c1Br)c(-c1c(Br)cccc1Br)c1[nH]c(c(Br)c1Br)c(-c1c(Br)cccc1Br)c1[nH]c2c(Br)c1Br. The van der Waals surface area contributed by atoms with Gasteiger partial charge in [0, 0.05) is 60.2 Å². The zero-order valence-electron chi connectivity index (χ0n) is 26.4. The number of fused-ring (bicyclic) bond motifs is 9. The predicted molar refractivity (Wildman–Crippen MR) is 280 cm³/mol. The molecule has 0 radical (unpaired) electrons. The highest BCUT2D eigenvalue weighted by atomic mass is 79.9. The van der Waals surface area contributed by atoms with Gasteiger partial charge in [-0.1, -0.05) is 114 Å². The van der Waals surface area contributed by atoms with Crippen LogP contribution in [-0.2, 0) is 0 Å². The molecule has 0 saturated carbocycles. The number of hydrogen-bond acceptors (Lipinski definition) is 1. The van der Waals surface area contributed by atoms with Gasteiger partial charge in [-0.05, 0) is 164 Å². The van der Waals surface area contributed by atoms with E-state index in [0.29, 0.717) is 11.4 Å². The second-order valence-corrected chi connectivity index (χ2v) is 23.3. The number of hydrogen-bond donors (Lipinski definition) is 3. The fourth-order valence-electron chi connectivity index (χ4n) is 6.46. The summed E-state index contributed by atoms with van der Waals surface area (Å²) in [5, 5.41) is 0. The first-order valence-electron chi connectivity index (χ1n) is 15.3. The largest absolute Gasteiger partial charge is 0.352 e. The van der Waals surface area contributed by atoms with Crippen LogP contribution in [0.1, 0.15) is 11.4 Å². The van der Waals surface area contributed by atoms with Gasteiger partial charge in [0.1, 0.15) is 5.69 Å². The van der Waals surface area contributed by atoms with Crippen molar-refractivity contribution < 1.29 is 0 Å².